The second-order valence-corrected chi connectivity index (χ2v) is 5.07. The van der Waals surface area contributed by atoms with Crippen LogP contribution < -0.4 is 11.1 Å². The van der Waals surface area contributed by atoms with E-state index in [-0.39, 0.29) is 23.0 Å². The molecule has 1 aromatic heterocycles. The Morgan fingerprint density at radius 3 is 2.85 bits per heavy atom. The molecule has 1 amide bonds. The van der Waals surface area contributed by atoms with Gasteiger partial charge in [-0.05, 0) is 30.5 Å². The molecule has 0 atom stereocenters. The summed E-state index contributed by atoms with van der Waals surface area (Å²) in [5.41, 5.74) is 5.82. The van der Waals surface area contributed by atoms with Crippen molar-refractivity contribution in [1.29, 1.82) is 0 Å². The monoisotopic (exact) mass is 300 g/mol. The van der Waals surface area contributed by atoms with Crippen molar-refractivity contribution in [3.63, 3.8) is 0 Å². The van der Waals surface area contributed by atoms with Crippen molar-refractivity contribution in [3.05, 3.63) is 23.1 Å². The smallest absolute Gasteiger partial charge is 0.256 e. The zero-order valence-electron chi connectivity index (χ0n) is 10.9. The fourth-order valence-electron chi connectivity index (χ4n) is 2.22. The Kier molecular flexibility index (Phi) is 4.86. The number of amidine groups is 1. The van der Waals surface area contributed by atoms with E-state index in [0.717, 1.165) is 25.9 Å². The molecule has 0 radical (unpaired) electrons. The molecular weight excluding hydrogens is 284 g/mol. The number of rotatable bonds is 4. The number of likely N-dealkylation sites (tertiary alicyclic amines) is 1. The van der Waals surface area contributed by atoms with Crippen LogP contribution in [0.15, 0.2) is 21.9 Å². The Labute approximate surface area is 121 Å². The lowest BCUT2D eigenvalue weighted by atomic mass is 10.0. The normalized spacial score (nSPS) is 18.1. The summed E-state index contributed by atoms with van der Waals surface area (Å²) in [6.07, 6.45) is 3.00. The van der Waals surface area contributed by atoms with Gasteiger partial charge in [0.2, 0.25) is 5.22 Å². The lowest BCUT2D eigenvalue weighted by molar-refractivity contribution is 0.0914. The molecule has 1 aliphatic heterocycles. The summed E-state index contributed by atoms with van der Waals surface area (Å²) in [5.74, 6) is -0.0312. The Balaban J connectivity index is 1.80. The number of hydrogen-bond donors (Lipinski definition) is 3. The summed E-state index contributed by atoms with van der Waals surface area (Å²) < 4.78 is 4.89. The highest BCUT2D eigenvalue weighted by atomic mass is 35.5. The molecule has 0 aliphatic carbocycles. The Hall–Kier alpha value is -1.73. The van der Waals surface area contributed by atoms with Crippen LogP contribution in [0.2, 0.25) is 5.22 Å². The minimum absolute atomic E-state index is 0.0945. The molecule has 2 heterocycles. The third kappa shape index (κ3) is 3.64. The third-order valence-corrected chi connectivity index (χ3v) is 3.59. The molecule has 1 saturated heterocycles. The minimum atomic E-state index is -0.223. The summed E-state index contributed by atoms with van der Waals surface area (Å²) >= 11 is 5.76. The zero-order valence-corrected chi connectivity index (χ0v) is 11.6. The van der Waals surface area contributed by atoms with Crippen LogP contribution in [0.4, 0.5) is 0 Å². The lowest BCUT2D eigenvalue weighted by Gasteiger charge is -2.31. The highest BCUT2D eigenvalue weighted by Crippen LogP contribution is 2.17. The quantitative estimate of drug-likeness (QED) is 0.331. The molecule has 1 aromatic rings. The zero-order chi connectivity index (χ0) is 14.5. The number of nitrogens with zero attached hydrogens (tertiary/aromatic N) is 2. The molecular formula is C12H17ClN4O3. The van der Waals surface area contributed by atoms with Crippen molar-refractivity contribution >= 4 is 23.3 Å². The van der Waals surface area contributed by atoms with E-state index in [9.17, 15) is 4.79 Å². The van der Waals surface area contributed by atoms with Crippen LogP contribution in [0.3, 0.4) is 0 Å². The van der Waals surface area contributed by atoms with Crippen LogP contribution in [0, 0.1) is 0 Å². The van der Waals surface area contributed by atoms with Gasteiger partial charge in [0, 0.05) is 19.1 Å². The number of carbonyl (C=O) groups excluding carboxylic acids is 1. The first-order chi connectivity index (χ1) is 9.60. The predicted octanol–water partition coefficient (Wildman–Crippen LogP) is 0.874. The van der Waals surface area contributed by atoms with Gasteiger partial charge < -0.3 is 20.7 Å². The molecule has 1 aliphatic rings. The molecule has 1 fully saturated rings. The average Bonchev–Trinajstić information content (AvgIpc) is 2.87. The summed E-state index contributed by atoms with van der Waals surface area (Å²) in [7, 11) is 0. The first-order valence-corrected chi connectivity index (χ1v) is 6.70. The fourth-order valence-corrected chi connectivity index (χ4v) is 2.42. The van der Waals surface area contributed by atoms with Crippen LogP contribution in [0.1, 0.15) is 23.2 Å². The standard InChI is InChI=1S/C12H17ClN4O3/c13-11-9(3-6-20-11)12(18)15-8-1-4-17(5-2-8)7-10(14)16-19/h3,6,8,19H,1-2,4-5,7H2,(H2,14,16)(H,15,18). The van der Waals surface area contributed by atoms with Crippen LogP contribution in [-0.2, 0) is 0 Å². The molecule has 0 unspecified atom stereocenters. The number of piperidine rings is 1. The fraction of sp³-hybridized carbons (Fsp3) is 0.500. The molecule has 110 valence electrons. The summed E-state index contributed by atoms with van der Waals surface area (Å²) in [5, 5.41) is 14.5. The molecule has 8 heteroatoms. The number of nitrogens with one attached hydrogen (secondary N) is 1. The van der Waals surface area contributed by atoms with Crippen LogP contribution in [-0.4, -0.2) is 47.5 Å². The minimum Gasteiger partial charge on any atom is -0.452 e. The molecule has 2 rings (SSSR count). The van der Waals surface area contributed by atoms with Gasteiger partial charge in [-0.2, -0.15) is 0 Å². The molecule has 0 aromatic carbocycles. The number of furan rings is 1. The SMILES string of the molecule is N/C(CN1CCC(NC(=O)c2ccoc2Cl)CC1)=N/O. The van der Waals surface area contributed by atoms with E-state index in [2.05, 4.69) is 15.4 Å². The number of nitrogens with two attached hydrogens (primary N) is 1. The van der Waals surface area contributed by atoms with Crippen LogP contribution in [0.5, 0.6) is 0 Å². The van der Waals surface area contributed by atoms with Gasteiger partial charge >= 0.3 is 0 Å². The second kappa shape index (κ2) is 6.62. The van der Waals surface area contributed by atoms with E-state index >= 15 is 0 Å². The van der Waals surface area contributed by atoms with Gasteiger partial charge in [-0.25, -0.2) is 0 Å². The van der Waals surface area contributed by atoms with Crippen molar-refractivity contribution in [2.24, 2.45) is 10.9 Å². The van der Waals surface area contributed by atoms with E-state index in [1.54, 1.807) is 6.07 Å². The molecule has 20 heavy (non-hydrogen) atoms. The van der Waals surface area contributed by atoms with Gasteiger partial charge in [0.25, 0.3) is 5.91 Å². The van der Waals surface area contributed by atoms with Gasteiger partial charge in [0.05, 0.1) is 18.4 Å². The summed E-state index contributed by atoms with van der Waals surface area (Å²) in [4.78, 5) is 14.0. The molecule has 7 nitrogen and oxygen atoms in total. The molecule has 0 bridgehead atoms. The number of carbonyl (C=O) groups is 1. The van der Waals surface area contributed by atoms with Gasteiger partial charge in [-0.15, -0.1) is 0 Å². The molecule has 0 spiro atoms. The van der Waals surface area contributed by atoms with Crippen molar-refractivity contribution < 1.29 is 14.4 Å². The lowest BCUT2D eigenvalue weighted by Crippen LogP contribution is -2.46. The Morgan fingerprint density at radius 2 is 2.30 bits per heavy atom. The van der Waals surface area contributed by atoms with Crippen molar-refractivity contribution in [3.8, 4) is 0 Å². The van der Waals surface area contributed by atoms with Gasteiger partial charge in [0.1, 0.15) is 0 Å². The third-order valence-electron chi connectivity index (χ3n) is 3.30. The van der Waals surface area contributed by atoms with Crippen molar-refractivity contribution in [2.75, 3.05) is 19.6 Å². The highest BCUT2D eigenvalue weighted by Gasteiger charge is 2.23. The van der Waals surface area contributed by atoms with E-state index in [0.29, 0.717) is 12.1 Å². The van der Waals surface area contributed by atoms with Crippen molar-refractivity contribution in [1.82, 2.24) is 10.2 Å². The van der Waals surface area contributed by atoms with E-state index in [1.165, 1.54) is 6.26 Å². The summed E-state index contributed by atoms with van der Waals surface area (Å²) in [6.45, 7) is 1.99. The second-order valence-electron chi connectivity index (χ2n) is 4.72. The first kappa shape index (κ1) is 14.7. The van der Waals surface area contributed by atoms with E-state index in [1.807, 2.05) is 0 Å². The summed E-state index contributed by atoms with van der Waals surface area (Å²) in [6, 6.07) is 1.64. The Morgan fingerprint density at radius 1 is 1.60 bits per heavy atom. The van der Waals surface area contributed by atoms with Gasteiger partial charge in [-0.3, -0.25) is 9.69 Å². The molecule has 0 saturated carbocycles. The number of halogens is 1. The van der Waals surface area contributed by atoms with Gasteiger partial charge in [0.15, 0.2) is 5.84 Å². The average molecular weight is 301 g/mol. The Bertz CT molecular complexity index is 495. The van der Waals surface area contributed by atoms with Crippen molar-refractivity contribution in [2.45, 2.75) is 18.9 Å². The maximum Gasteiger partial charge on any atom is 0.256 e. The van der Waals surface area contributed by atoms with Gasteiger partial charge in [-0.1, -0.05) is 5.16 Å². The number of oxime groups is 1. The highest BCUT2D eigenvalue weighted by molar-refractivity contribution is 6.32. The number of amides is 1. The maximum absolute atomic E-state index is 12.0. The number of hydrogen-bond acceptors (Lipinski definition) is 5. The van der Waals surface area contributed by atoms with Crippen LogP contribution >= 0.6 is 11.6 Å². The van der Waals surface area contributed by atoms with E-state index < -0.39 is 0 Å². The topological polar surface area (TPSA) is 104 Å². The molecule has 4 N–H and O–H groups in total. The first-order valence-electron chi connectivity index (χ1n) is 6.32. The predicted molar refractivity (Wildman–Crippen MR) is 74.1 cm³/mol. The largest absolute Gasteiger partial charge is 0.452 e. The maximum atomic E-state index is 12.0. The van der Waals surface area contributed by atoms with Crippen LogP contribution in [0.25, 0.3) is 0 Å². The van der Waals surface area contributed by atoms with E-state index in [4.69, 9.17) is 27.0 Å².